The molecule has 5 nitrogen and oxygen atoms in total. The van der Waals surface area contributed by atoms with E-state index in [1.807, 2.05) is 31.3 Å². The molecule has 5 heterocycles. The van der Waals surface area contributed by atoms with Crippen LogP contribution in [0.2, 0.25) is 0 Å². The highest BCUT2D eigenvalue weighted by Crippen LogP contribution is 2.46. The number of nitrogens with zero attached hydrogens (tertiary/aromatic N) is 4. The molecular weight excluding hydrogens is 973 g/mol. The van der Waals surface area contributed by atoms with E-state index in [4.69, 9.17) is 24.4 Å². The van der Waals surface area contributed by atoms with Crippen molar-refractivity contribution in [2.45, 2.75) is 6.92 Å². The van der Waals surface area contributed by atoms with Crippen molar-refractivity contribution in [3.63, 3.8) is 0 Å². The van der Waals surface area contributed by atoms with Crippen molar-refractivity contribution in [1.82, 2.24) is 19.9 Å². The Morgan fingerprint density at radius 3 is 1.14 bits per heavy atom. The first-order chi connectivity index (χ1) is 39.6. The molecule has 0 aliphatic carbocycles. The molecule has 0 amide bonds. The molecule has 9 aromatic carbocycles. The number of hydrogen-bond acceptors (Lipinski definition) is 5. The van der Waals surface area contributed by atoms with Crippen LogP contribution in [0.25, 0.3) is 145 Å². The van der Waals surface area contributed by atoms with Gasteiger partial charge in [0.05, 0.1) is 17.1 Å². The second-order valence-corrected chi connectivity index (χ2v) is 20.2. The summed E-state index contributed by atoms with van der Waals surface area (Å²) in [6, 6.07) is 94.5. The summed E-state index contributed by atoms with van der Waals surface area (Å²) < 4.78 is 6.43. The number of pyridine rings is 4. The average molecular weight is 1020 g/mol. The minimum absolute atomic E-state index is 0.633. The molecular formula is C75H50N4O. The number of furan rings is 1. The van der Waals surface area contributed by atoms with Crippen molar-refractivity contribution in [2.75, 3.05) is 0 Å². The van der Waals surface area contributed by atoms with E-state index in [2.05, 4.69) is 261 Å². The lowest BCUT2D eigenvalue weighted by Gasteiger charge is -2.20. The zero-order valence-corrected chi connectivity index (χ0v) is 43.8. The first-order valence-electron chi connectivity index (χ1n) is 27.0. The zero-order chi connectivity index (χ0) is 53.4. The number of fused-ring (bicyclic) bond motifs is 3. The van der Waals surface area contributed by atoms with Gasteiger partial charge in [0.1, 0.15) is 5.58 Å². The molecule has 0 bridgehead atoms. The summed E-state index contributed by atoms with van der Waals surface area (Å²) in [5, 5.41) is 2.02. The molecule has 0 N–H and O–H groups in total. The summed E-state index contributed by atoms with van der Waals surface area (Å²) in [4.78, 5) is 20.2. The molecule has 0 aliphatic heterocycles. The first-order valence-corrected chi connectivity index (χ1v) is 27.0. The Kier molecular flexibility index (Phi) is 12.4. The zero-order valence-electron chi connectivity index (χ0n) is 43.8. The summed E-state index contributed by atoms with van der Waals surface area (Å²) in [6.07, 6.45) is 6.10. The van der Waals surface area contributed by atoms with Crippen LogP contribution in [0.4, 0.5) is 0 Å². The van der Waals surface area contributed by atoms with Gasteiger partial charge in [-0.15, -0.1) is 0 Å². The van der Waals surface area contributed by atoms with Crippen LogP contribution in [0.3, 0.4) is 0 Å². The number of aromatic nitrogens is 4. The molecule has 0 saturated carbocycles. The Balaban J connectivity index is 0.955. The van der Waals surface area contributed by atoms with Crippen molar-refractivity contribution in [1.29, 1.82) is 0 Å². The van der Waals surface area contributed by atoms with Gasteiger partial charge in [0.25, 0.3) is 0 Å². The molecule has 0 aliphatic rings. The van der Waals surface area contributed by atoms with Crippen molar-refractivity contribution >= 4 is 22.1 Å². The number of para-hydroxylation sites is 1. The molecule has 0 unspecified atom stereocenters. The molecule has 0 radical (unpaired) electrons. The van der Waals surface area contributed by atoms with Crippen LogP contribution in [0, 0.1) is 6.92 Å². The predicted molar refractivity (Wildman–Crippen MR) is 329 cm³/mol. The van der Waals surface area contributed by atoms with Gasteiger partial charge in [0.2, 0.25) is 5.71 Å². The third kappa shape index (κ3) is 9.02. The molecule has 14 rings (SSSR count). The van der Waals surface area contributed by atoms with Gasteiger partial charge in [-0.1, -0.05) is 212 Å². The fourth-order valence-electron chi connectivity index (χ4n) is 11.3. The van der Waals surface area contributed by atoms with Gasteiger partial charge in [-0.05, 0) is 134 Å². The fourth-order valence-corrected chi connectivity index (χ4v) is 11.3. The standard InChI is InChI=1S/C75H50N4O/c1-49-37-39-65-64-35-20-36-66(74(64)80-75(65)79-49)71-40-38-54(46-76-71)58-29-14-15-30-59(58)55-41-56(60-31-16-18-33-62(60)69-47-77-72(52-25-10-4-11-26-52)44-67(69)50-21-6-2-7-22-50)43-57(42-55)61-32-17-19-34-63(61)70-48-78-73(53-27-12-5-13-28-53)45-68(70)51-23-8-3-9-24-51/h2-48H,1H3. The lowest BCUT2D eigenvalue weighted by atomic mass is 9.85. The third-order valence-corrected chi connectivity index (χ3v) is 15.2. The van der Waals surface area contributed by atoms with Crippen LogP contribution in [0.5, 0.6) is 0 Å². The van der Waals surface area contributed by atoms with Gasteiger partial charge in [-0.3, -0.25) is 15.0 Å². The highest BCUT2D eigenvalue weighted by atomic mass is 16.3. The van der Waals surface area contributed by atoms with E-state index in [9.17, 15) is 0 Å². The Morgan fingerprint density at radius 2 is 0.662 bits per heavy atom. The van der Waals surface area contributed by atoms with Crippen molar-refractivity contribution < 1.29 is 4.42 Å². The molecule has 0 saturated heterocycles. The Bertz CT molecular complexity index is 4380. The average Bonchev–Trinajstić information content (AvgIpc) is 3.99. The number of hydrogen-bond donors (Lipinski definition) is 0. The second kappa shape index (κ2) is 20.7. The minimum atomic E-state index is 0.633. The van der Waals surface area contributed by atoms with E-state index in [0.29, 0.717) is 5.71 Å². The SMILES string of the molecule is Cc1ccc2c(n1)oc1c(-c3ccc(-c4ccccc4-c4cc(-c5ccccc5-c5cnc(-c6ccccc6)cc5-c5ccccc5)cc(-c5ccccc5-c5cnc(-c6ccccc6)cc5-c5ccccc5)c4)cn3)cccc12. The Hall–Kier alpha value is -10.6. The Labute approximate surface area is 464 Å². The van der Waals surface area contributed by atoms with Crippen LogP contribution >= 0.6 is 0 Å². The van der Waals surface area contributed by atoms with Crippen LogP contribution in [-0.4, -0.2) is 19.9 Å². The van der Waals surface area contributed by atoms with Crippen molar-refractivity contribution in [3.05, 3.63) is 291 Å². The van der Waals surface area contributed by atoms with Crippen molar-refractivity contribution in [2.24, 2.45) is 0 Å². The topological polar surface area (TPSA) is 64.7 Å². The van der Waals surface area contributed by atoms with E-state index in [1.165, 1.54) is 0 Å². The number of rotatable bonds is 11. The summed E-state index contributed by atoms with van der Waals surface area (Å²) in [6.45, 7) is 1.98. The van der Waals surface area contributed by atoms with Crippen molar-refractivity contribution in [3.8, 4) is 123 Å². The van der Waals surface area contributed by atoms with E-state index < -0.39 is 0 Å². The molecule has 5 aromatic heterocycles. The molecule has 0 atom stereocenters. The van der Waals surface area contributed by atoms with E-state index >= 15 is 0 Å². The van der Waals surface area contributed by atoms with Gasteiger partial charge < -0.3 is 4.42 Å². The number of benzene rings is 9. The Morgan fingerprint density at radius 1 is 0.250 bits per heavy atom. The minimum Gasteiger partial charge on any atom is -0.437 e. The summed E-state index contributed by atoms with van der Waals surface area (Å²) >= 11 is 0. The first kappa shape index (κ1) is 47.8. The maximum atomic E-state index is 6.43. The van der Waals surface area contributed by atoms with Crippen LogP contribution in [0.1, 0.15) is 5.69 Å². The predicted octanol–water partition coefficient (Wildman–Crippen LogP) is 19.8. The van der Waals surface area contributed by atoms with E-state index in [-0.39, 0.29) is 0 Å². The maximum Gasteiger partial charge on any atom is 0.227 e. The van der Waals surface area contributed by atoms with Gasteiger partial charge in [-0.25, -0.2) is 4.98 Å². The fraction of sp³-hybridized carbons (Fsp3) is 0.0133. The summed E-state index contributed by atoms with van der Waals surface area (Å²) in [5.74, 6) is 0. The van der Waals surface area contributed by atoms with Gasteiger partial charge >= 0.3 is 0 Å². The van der Waals surface area contributed by atoms with E-state index in [0.717, 1.165) is 145 Å². The lowest BCUT2D eigenvalue weighted by Crippen LogP contribution is -1.95. The van der Waals surface area contributed by atoms with Crippen LogP contribution in [0.15, 0.2) is 290 Å². The van der Waals surface area contributed by atoms with Gasteiger partial charge in [0.15, 0.2) is 0 Å². The molecule has 14 aromatic rings. The third-order valence-electron chi connectivity index (χ3n) is 15.2. The largest absolute Gasteiger partial charge is 0.437 e. The number of aryl methyl sites for hydroxylation is 1. The quantitative estimate of drug-likeness (QED) is 0.129. The molecule has 0 spiro atoms. The molecule has 0 fully saturated rings. The molecule has 376 valence electrons. The molecule has 80 heavy (non-hydrogen) atoms. The second-order valence-electron chi connectivity index (χ2n) is 20.2. The molecule has 5 heteroatoms. The van der Waals surface area contributed by atoms with Crippen LogP contribution in [-0.2, 0) is 0 Å². The smallest absolute Gasteiger partial charge is 0.227 e. The lowest BCUT2D eigenvalue weighted by molar-refractivity contribution is 0.653. The summed E-state index contributed by atoms with van der Waals surface area (Å²) in [7, 11) is 0. The maximum absolute atomic E-state index is 6.43. The van der Waals surface area contributed by atoms with Crippen LogP contribution < -0.4 is 0 Å². The van der Waals surface area contributed by atoms with Gasteiger partial charge in [-0.2, -0.15) is 0 Å². The highest BCUT2D eigenvalue weighted by Gasteiger charge is 2.21. The normalized spacial score (nSPS) is 11.3. The monoisotopic (exact) mass is 1020 g/mol. The van der Waals surface area contributed by atoms with E-state index in [1.54, 1.807) is 0 Å². The van der Waals surface area contributed by atoms with Gasteiger partial charge in [0, 0.05) is 68.4 Å². The highest BCUT2D eigenvalue weighted by molar-refractivity contribution is 6.08. The summed E-state index contributed by atoms with van der Waals surface area (Å²) in [5.41, 5.74) is 25.3.